The Morgan fingerprint density at radius 3 is 2.52 bits per heavy atom. The second-order valence-corrected chi connectivity index (χ2v) is 14.0. The average Bonchev–Trinajstić information content (AvgIpc) is 3.28. The van der Waals surface area contributed by atoms with Crippen molar-refractivity contribution in [2.75, 3.05) is 39.3 Å². The lowest BCUT2D eigenvalue weighted by Gasteiger charge is -2.42. The van der Waals surface area contributed by atoms with Gasteiger partial charge in [0, 0.05) is 12.5 Å². The average molecular weight is 596 g/mol. The molecule has 3 aromatic rings. The van der Waals surface area contributed by atoms with E-state index in [1.54, 1.807) is 0 Å². The van der Waals surface area contributed by atoms with Crippen LogP contribution in [0.1, 0.15) is 82.8 Å². The van der Waals surface area contributed by atoms with E-state index >= 15 is 0 Å². The highest BCUT2D eigenvalue weighted by Gasteiger charge is 2.40. The second kappa shape index (κ2) is 14.6. The van der Waals surface area contributed by atoms with Crippen LogP contribution in [0.3, 0.4) is 0 Å². The molecule has 3 aliphatic heterocycles. The summed E-state index contributed by atoms with van der Waals surface area (Å²) in [6.07, 6.45) is 11.4. The van der Waals surface area contributed by atoms with Gasteiger partial charge in [-0.2, -0.15) is 0 Å². The number of nitrogens with one attached hydrogen (secondary N) is 1. The summed E-state index contributed by atoms with van der Waals surface area (Å²) in [5, 5.41) is 6.35. The Bertz CT molecular complexity index is 1370. The van der Waals surface area contributed by atoms with E-state index in [4.69, 9.17) is 4.74 Å². The molecule has 6 rings (SSSR count). The summed E-state index contributed by atoms with van der Waals surface area (Å²) in [6.45, 7) is 11.1. The molecule has 0 amide bonds. The molecule has 3 saturated heterocycles. The largest absolute Gasteiger partial charge is 0.491 e. The van der Waals surface area contributed by atoms with E-state index in [-0.39, 0.29) is 17.6 Å². The summed E-state index contributed by atoms with van der Waals surface area (Å²) in [6, 6.07) is 24.4. The molecule has 0 aromatic heterocycles. The van der Waals surface area contributed by atoms with E-state index in [0.29, 0.717) is 12.2 Å². The van der Waals surface area contributed by atoms with Gasteiger partial charge < -0.3 is 19.9 Å². The van der Waals surface area contributed by atoms with Gasteiger partial charge in [-0.15, -0.1) is 0 Å². The van der Waals surface area contributed by atoms with Gasteiger partial charge in [-0.3, -0.25) is 4.79 Å². The first kappa shape index (κ1) is 31.3. The molecule has 3 aromatic carbocycles. The Kier molecular flexibility index (Phi) is 10.4. The van der Waals surface area contributed by atoms with Crippen LogP contribution in [-0.4, -0.2) is 73.0 Å². The number of likely N-dealkylation sites (tertiary alicyclic amines) is 2. The molecule has 0 spiro atoms. The maximum atomic E-state index is 14.0. The number of hydrogen-bond donors (Lipinski definition) is 1. The second-order valence-electron chi connectivity index (χ2n) is 14.0. The van der Waals surface area contributed by atoms with Gasteiger partial charge in [0.1, 0.15) is 5.75 Å². The van der Waals surface area contributed by atoms with Crippen molar-refractivity contribution >= 4 is 16.6 Å². The number of nitrogens with zero attached hydrogens (tertiary/aromatic N) is 2. The van der Waals surface area contributed by atoms with E-state index in [0.717, 1.165) is 56.1 Å². The number of ketones is 1. The summed E-state index contributed by atoms with van der Waals surface area (Å²) in [5.74, 6) is 1.13. The lowest BCUT2D eigenvalue weighted by atomic mass is 9.68. The van der Waals surface area contributed by atoms with Crippen molar-refractivity contribution in [3.05, 3.63) is 77.9 Å². The normalized spacial score (nSPS) is 24.4. The number of carbonyl (C=O) groups excluding carboxylic acids is 1. The Balaban J connectivity index is 1.21. The minimum absolute atomic E-state index is 0.0446. The van der Waals surface area contributed by atoms with Crippen LogP contribution in [0.25, 0.3) is 10.8 Å². The van der Waals surface area contributed by atoms with Crippen molar-refractivity contribution in [3.63, 3.8) is 0 Å². The van der Waals surface area contributed by atoms with E-state index in [2.05, 4.69) is 63.6 Å². The Labute approximate surface area is 265 Å². The zero-order chi connectivity index (χ0) is 30.4. The lowest BCUT2D eigenvalue weighted by Crippen LogP contribution is -2.48. The SMILES string of the molecule is CC(C)Oc1cccc(CC(=O)C2CC(CCN3CCC(N4CCCCC4)CC3)(c3cccc4ccccc34)CCCN2)c1. The summed E-state index contributed by atoms with van der Waals surface area (Å²) in [4.78, 5) is 19.5. The molecule has 2 atom stereocenters. The first-order valence-corrected chi connectivity index (χ1v) is 17.5. The van der Waals surface area contributed by atoms with Gasteiger partial charge in [-0.1, -0.05) is 61.0 Å². The van der Waals surface area contributed by atoms with Crippen molar-refractivity contribution in [3.8, 4) is 5.75 Å². The molecule has 3 aliphatic rings. The zero-order valence-corrected chi connectivity index (χ0v) is 27.1. The lowest BCUT2D eigenvalue weighted by molar-refractivity contribution is -0.120. The van der Waals surface area contributed by atoms with E-state index in [1.165, 1.54) is 74.6 Å². The minimum Gasteiger partial charge on any atom is -0.491 e. The predicted molar refractivity (Wildman–Crippen MR) is 182 cm³/mol. The van der Waals surface area contributed by atoms with Crippen molar-refractivity contribution in [1.29, 1.82) is 0 Å². The van der Waals surface area contributed by atoms with Gasteiger partial charge in [0.2, 0.25) is 0 Å². The van der Waals surface area contributed by atoms with E-state index in [9.17, 15) is 4.79 Å². The molecule has 44 heavy (non-hydrogen) atoms. The van der Waals surface area contributed by atoms with Gasteiger partial charge in [0.15, 0.2) is 5.78 Å². The Morgan fingerprint density at radius 1 is 0.932 bits per heavy atom. The quantitative estimate of drug-likeness (QED) is 0.270. The number of piperidine rings is 2. The molecule has 236 valence electrons. The fourth-order valence-corrected chi connectivity index (χ4v) is 8.28. The first-order valence-electron chi connectivity index (χ1n) is 17.5. The third-order valence-electron chi connectivity index (χ3n) is 10.6. The van der Waals surface area contributed by atoms with Gasteiger partial charge in [0.25, 0.3) is 0 Å². The Morgan fingerprint density at radius 2 is 1.70 bits per heavy atom. The summed E-state index contributed by atoms with van der Waals surface area (Å²) < 4.78 is 5.93. The first-order chi connectivity index (χ1) is 21.5. The topological polar surface area (TPSA) is 44.8 Å². The van der Waals surface area contributed by atoms with Gasteiger partial charge in [-0.05, 0) is 144 Å². The highest BCUT2D eigenvalue weighted by atomic mass is 16.5. The van der Waals surface area contributed by atoms with Gasteiger partial charge >= 0.3 is 0 Å². The van der Waals surface area contributed by atoms with Gasteiger partial charge in [0.05, 0.1) is 12.1 Å². The number of benzene rings is 3. The molecule has 5 nitrogen and oxygen atoms in total. The third-order valence-corrected chi connectivity index (χ3v) is 10.6. The smallest absolute Gasteiger partial charge is 0.154 e. The molecule has 5 heteroatoms. The Hall–Kier alpha value is -2.73. The summed E-state index contributed by atoms with van der Waals surface area (Å²) >= 11 is 0. The van der Waals surface area contributed by atoms with Gasteiger partial charge in [-0.25, -0.2) is 0 Å². The minimum atomic E-state index is -0.157. The van der Waals surface area contributed by atoms with Crippen LogP contribution in [0, 0.1) is 0 Å². The van der Waals surface area contributed by atoms with Crippen LogP contribution in [0.15, 0.2) is 66.7 Å². The number of Topliss-reactive ketones (excluding diaryl/α,β-unsaturated/α-hetero) is 1. The van der Waals surface area contributed by atoms with Crippen LogP contribution in [0.2, 0.25) is 0 Å². The van der Waals surface area contributed by atoms with Crippen LogP contribution in [-0.2, 0) is 16.6 Å². The highest BCUT2D eigenvalue weighted by molar-refractivity contribution is 5.88. The molecule has 3 fully saturated rings. The summed E-state index contributed by atoms with van der Waals surface area (Å²) in [5.41, 5.74) is 2.43. The molecule has 2 unspecified atom stereocenters. The standard InChI is InChI=1S/C39H53N3O2/c1-30(2)44-34-14-8-11-31(27-34)28-38(43)37-29-39(19-10-21-40-37,36-16-9-13-32-12-4-5-15-35(32)36)20-26-41-24-17-33(18-25-41)42-22-6-3-7-23-42/h4-5,8-9,11-16,27,30,33,37,40H,3,6-7,10,17-26,28-29H2,1-2H3. The highest BCUT2D eigenvalue weighted by Crippen LogP contribution is 2.43. The molecule has 0 aliphatic carbocycles. The molecule has 0 saturated carbocycles. The fraction of sp³-hybridized carbons (Fsp3) is 0.564. The molecule has 0 bridgehead atoms. The van der Waals surface area contributed by atoms with Crippen LogP contribution >= 0.6 is 0 Å². The maximum Gasteiger partial charge on any atom is 0.154 e. The van der Waals surface area contributed by atoms with Crippen molar-refractivity contribution in [2.24, 2.45) is 0 Å². The number of carbonyl (C=O) groups is 1. The number of fused-ring (bicyclic) bond motifs is 1. The molecule has 1 N–H and O–H groups in total. The maximum absolute atomic E-state index is 14.0. The third kappa shape index (κ3) is 7.55. The molecule has 3 heterocycles. The molecular weight excluding hydrogens is 542 g/mol. The van der Waals surface area contributed by atoms with E-state index < -0.39 is 0 Å². The van der Waals surface area contributed by atoms with Crippen molar-refractivity contribution < 1.29 is 9.53 Å². The monoisotopic (exact) mass is 595 g/mol. The zero-order valence-electron chi connectivity index (χ0n) is 27.1. The predicted octanol–water partition coefficient (Wildman–Crippen LogP) is 7.16. The van der Waals surface area contributed by atoms with Crippen LogP contribution in [0.4, 0.5) is 0 Å². The summed E-state index contributed by atoms with van der Waals surface area (Å²) in [7, 11) is 0. The van der Waals surface area contributed by atoms with Crippen LogP contribution < -0.4 is 10.1 Å². The molecule has 0 radical (unpaired) electrons. The van der Waals surface area contributed by atoms with Crippen molar-refractivity contribution in [1.82, 2.24) is 15.1 Å². The van der Waals surface area contributed by atoms with Crippen molar-refractivity contribution in [2.45, 2.75) is 102 Å². The van der Waals surface area contributed by atoms with E-state index in [1.807, 2.05) is 32.0 Å². The number of rotatable bonds is 10. The number of hydrogen-bond acceptors (Lipinski definition) is 5. The molecular formula is C39H53N3O2. The fourth-order valence-electron chi connectivity index (χ4n) is 8.28. The van der Waals surface area contributed by atoms with Crippen LogP contribution in [0.5, 0.6) is 5.75 Å². The number of ether oxygens (including phenoxy) is 1.